The average molecular weight is 273 g/mol. The number of rotatable bonds is 4. The van der Waals surface area contributed by atoms with E-state index in [1.165, 1.54) is 63.1 Å². The van der Waals surface area contributed by atoms with Crippen molar-refractivity contribution in [3.8, 4) is 0 Å². The second-order valence-electron chi connectivity index (χ2n) is 6.25. The van der Waals surface area contributed by atoms with Crippen molar-refractivity contribution in [3.05, 3.63) is 24.3 Å². The molecular formula is C17H27N3. The monoisotopic (exact) mass is 273 g/mol. The Labute approximate surface area is 123 Å². The van der Waals surface area contributed by atoms with Crippen LogP contribution in [0.5, 0.6) is 0 Å². The highest BCUT2D eigenvalue weighted by molar-refractivity contribution is 5.55. The maximum atomic E-state index is 3.60. The Bertz CT molecular complexity index is 409. The van der Waals surface area contributed by atoms with E-state index < -0.39 is 0 Å². The summed E-state index contributed by atoms with van der Waals surface area (Å²) in [6.45, 7) is 4.76. The van der Waals surface area contributed by atoms with E-state index in [2.05, 4.69) is 46.4 Å². The lowest BCUT2D eigenvalue weighted by Gasteiger charge is -2.32. The third kappa shape index (κ3) is 3.26. The number of benzene rings is 1. The fourth-order valence-corrected chi connectivity index (χ4v) is 3.40. The molecule has 2 heterocycles. The fourth-order valence-electron chi connectivity index (χ4n) is 3.40. The topological polar surface area (TPSA) is 18.5 Å². The second kappa shape index (κ2) is 6.49. The number of nitrogens with one attached hydrogen (secondary N) is 1. The van der Waals surface area contributed by atoms with Gasteiger partial charge in [-0.2, -0.15) is 0 Å². The summed E-state index contributed by atoms with van der Waals surface area (Å²) in [4.78, 5) is 4.98. The van der Waals surface area contributed by atoms with E-state index >= 15 is 0 Å². The van der Waals surface area contributed by atoms with E-state index in [1.807, 2.05) is 0 Å². The number of anilines is 2. The normalized spacial score (nSPS) is 24.1. The van der Waals surface area contributed by atoms with Gasteiger partial charge in [-0.05, 0) is 63.5 Å². The lowest BCUT2D eigenvalue weighted by Crippen LogP contribution is -2.40. The molecule has 2 fully saturated rings. The van der Waals surface area contributed by atoms with Gasteiger partial charge < -0.3 is 15.1 Å². The van der Waals surface area contributed by atoms with Gasteiger partial charge in [-0.3, -0.25) is 0 Å². The first-order valence-corrected chi connectivity index (χ1v) is 8.12. The van der Waals surface area contributed by atoms with Gasteiger partial charge in [0.1, 0.15) is 0 Å². The van der Waals surface area contributed by atoms with Gasteiger partial charge in [0.05, 0.1) is 0 Å². The molecule has 3 heteroatoms. The molecule has 20 heavy (non-hydrogen) atoms. The minimum atomic E-state index is 0.696. The highest BCUT2D eigenvalue weighted by Crippen LogP contribution is 2.22. The molecule has 1 aromatic rings. The lowest BCUT2D eigenvalue weighted by molar-refractivity contribution is 0.194. The fraction of sp³-hybridized carbons (Fsp3) is 0.647. The van der Waals surface area contributed by atoms with Gasteiger partial charge in [0.25, 0.3) is 0 Å². The molecule has 1 aromatic carbocycles. The van der Waals surface area contributed by atoms with Crippen LogP contribution in [0.4, 0.5) is 11.4 Å². The third-order valence-corrected chi connectivity index (χ3v) is 4.80. The predicted octanol–water partition coefficient (Wildman–Crippen LogP) is 3.18. The third-order valence-electron chi connectivity index (χ3n) is 4.80. The van der Waals surface area contributed by atoms with E-state index in [0.717, 1.165) is 6.54 Å². The van der Waals surface area contributed by atoms with Gasteiger partial charge in [0, 0.05) is 37.1 Å². The SMILES string of the molecule is CN1CCCCC1CNc1ccc(N2CCCC2)cc1. The molecule has 1 N–H and O–H groups in total. The summed E-state index contributed by atoms with van der Waals surface area (Å²) in [7, 11) is 2.25. The zero-order chi connectivity index (χ0) is 13.8. The molecule has 0 aromatic heterocycles. The van der Waals surface area contributed by atoms with Crippen LogP contribution in [0, 0.1) is 0 Å². The van der Waals surface area contributed by atoms with Gasteiger partial charge in [0.2, 0.25) is 0 Å². The molecule has 2 aliphatic heterocycles. The van der Waals surface area contributed by atoms with Crippen LogP contribution in [-0.4, -0.2) is 44.2 Å². The molecule has 0 bridgehead atoms. The molecule has 3 rings (SSSR count). The van der Waals surface area contributed by atoms with Crippen molar-refractivity contribution in [2.24, 2.45) is 0 Å². The van der Waals surface area contributed by atoms with E-state index in [0.29, 0.717) is 6.04 Å². The minimum absolute atomic E-state index is 0.696. The van der Waals surface area contributed by atoms with Crippen LogP contribution >= 0.6 is 0 Å². The molecule has 2 saturated heterocycles. The molecule has 2 aliphatic rings. The molecular weight excluding hydrogens is 246 g/mol. The number of nitrogens with zero attached hydrogens (tertiary/aromatic N) is 2. The molecule has 3 nitrogen and oxygen atoms in total. The van der Waals surface area contributed by atoms with Gasteiger partial charge >= 0.3 is 0 Å². The number of likely N-dealkylation sites (tertiary alicyclic amines) is 1. The van der Waals surface area contributed by atoms with Crippen LogP contribution in [0.25, 0.3) is 0 Å². The average Bonchev–Trinajstić information content (AvgIpc) is 3.01. The van der Waals surface area contributed by atoms with E-state index in [9.17, 15) is 0 Å². The van der Waals surface area contributed by atoms with Crippen LogP contribution in [0.1, 0.15) is 32.1 Å². The Kier molecular flexibility index (Phi) is 4.46. The number of hydrogen-bond acceptors (Lipinski definition) is 3. The summed E-state index contributed by atoms with van der Waals surface area (Å²) in [6.07, 6.45) is 6.75. The van der Waals surface area contributed by atoms with Crippen LogP contribution in [0.2, 0.25) is 0 Å². The van der Waals surface area contributed by atoms with Crippen molar-refractivity contribution in [1.82, 2.24) is 4.90 Å². The smallest absolute Gasteiger partial charge is 0.0367 e. The predicted molar refractivity (Wildman–Crippen MR) is 86.6 cm³/mol. The van der Waals surface area contributed by atoms with E-state index in [1.54, 1.807) is 0 Å². The van der Waals surface area contributed by atoms with Crippen molar-refractivity contribution in [2.75, 3.05) is 43.4 Å². The largest absolute Gasteiger partial charge is 0.383 e. The first-order chi connectivity index (χ1) is 9.83. The number of hydrogen-bond donors (Lipinski definition) is 1. The molecule has 0 aliphatic carbocycles. The van der Waals surface area contributed by atoms with Crippen molar-refractivity contribution in [2.45, 2.75) is 38.1 Å². The van der Waals surface area contributed by atoms with E-state index in [-0.39, 0.29) is 0 Å². The summed E-state index contributed by atoms with van der Waals surface area (Å²) in [5.74, 6) is 0. The van der Waals surface area contributed by atoms with Crippen molar-refractivity contribution >= 4 is 11.4 Å². The Morgan fingerprint density at radius 3 is 2.40 bits per heavy atom. The van der Waals surface area contributed by atoms with Gasteiger partial charge in [-0.15, -0.1) is 0 Å². The van der Waals surface area contributed by atoms with Gasteiger partial charge in [0.15, 0.2) is 0 Å². The molecule has 1 atom stereocenters. The molecule has 0 radical (unpaired) electrons. The van der Waals surface area contributed by atoms with Crippen molar-refractivity contribution in [1.29, 1.82) is 0 Å². The highest BCUT2D eigenvalue weighted by Gasteiger charge is 2.18. The summed E-state index contributed by atoms with van der Waals surface area (Å²) >= 11 is 0. The first-order valence-electron chi connectivity index (χ1n) is 8.12. The quantitative estimate of drug-likeness (QED) is 0.909. The number of piperidine rings is 1. The zero-order valence-electron chi connectivity index (χ0n) is 12.6. The first kappa shape index (κ1) is 13.7. The summed E-state index contributed by atoms with van der Waals surface area (Å²) in [5, 5.41) is 3.60. The Balaban J connectivity index is 1.52. The summed E-state index contributed by atoms with van der Waals surface area (Å²) in [5.41, 5.74) is 2.63. The van der Waals surface area contributed by atoms with Gasteiger partial charge in [-0.25, -0.2) is 0 Å². The van der Waals surface area contributed by atoms with Crippen LogP contribution in [-0.2, 0) is 0 Å². The molecule has 0 saturated carbocycles. The zero-order valence-corrected chi connectivity index (χ0v) is 12.6. The maximum absolute atomic E-state index is 3.60. The molecule has 0 amide bonds. The molecule has 0 spiro atoms. The minimum Gasteiger partial charge on any atom is -0.383 e. The second-order valence-corrected chi connectivity index (χ2v) is 6.25. The van der Waals surface area contributed by atoms with Crippen molar-refractivity contribution < 1.29 is 0 Å². The lowest BCUT2D eigenvalue weighted by atomic mass is 10.0. The maximum Gasteiger partial charge on any atom is 0.0367 e. The Hall–Kier alpha value is -1.22. The standard InChI is InChI=1S/C17H27N3/c1-19-11-3-2-6-17(19)14-18-15-7-9-16(10-8-15)20-12-4-5-13-20/h7-10,17-18H,2-6,11-14H2,1H3. The van der Waals surface area contributed by atoms with E-state index in [4.69, 9.17) is 0 Å². The van der Waals surface area contributed by atoms with Crippen molar-refractivity contribution in [3.63, 3.8) is 0 Å². The molecule has 1 unspecified atom stereocenters. The summed E-state index contributed by atoms with van der Waals surface area (Å²) in [6, 6.07) is 9.69. The Morgan fingerprint density at radius 2 is 1.70 bits per heavy atom. The highest BCUT2D eigenvalue weighted by atomic mass is 15.2. The van der Waals surface area contributed by atoms with Crippen LogP contribution in [0.15, 0.2) is 24.3 Å². The Morgan fingerprint density at radius 1 is 1.00 bits per heavy atom. The van der Waals surface area contributed by atoms with Gasteiger partial charge in [-0.1, -0.05) is 6.42 Å². The van der Waals surface area contributed by atoms with Crippen LogP contribution < -0.4 is 10.2 Å². The molecule has 110 valence electrons. The number of likely N-dealkylation sites (N-methyl/N-ethyl adjacent to an activating group) is 1. The van der Waals surface area contributed by atoms with Crippen LogP contribution in [0.3, 0.4) is 0 Å². The summed E-state index contributed by atoms with van der Waals surface area (Å²) < 4.78 is 0.